The second-order valence-electron chi connectivity index (χ2n) is 5.45. The highest BCUT2D eigenvalue weighted by Crippen LogP contribution is 2.13. The van der Waals surface area contributed by atoms with Crippen molar-refractivity contribution in [3.05, 3.63) is 64.7 Å². The fourth-order valence-corrected chi connectivity index (χ4v) is 2.05. The van der Waals surface area contributed by atoms with Crippen molar-refractivity contribution in [2.24, 2.45) is 5.16 Å². The highest BCUT2D eigenvalue weighted by molar-refractivity contribution is 5.91. The number of carbonyl (C=O) groups is 1. The van der Waals surface area contributed by atoms with E-state index in [0.717, 1.165) is 23.2 Å². The van der Waals surface area contributed by atoms with Gasteiger partial charge in [0, 0.05) is 5.69 Å². The van der Waals surface area contributed by atoms with Crippen LogP contribution in [0, 0.1) is 13.8 Å². The van der Waals surface area contributed by atoms with Gasteiger partial charge in [-0.2, -0.15) is 0 Å². The summed E-state index contributed by atoms with van der Waals surface area (Å²) >= 11 is 0. The minimum absolute atomic E-state index is 0.115. The van der Waals surface area contributed by atoms with Gasteiger partial charge in [0.05, 0.1) is 6.21 Å². The number of oxime groups is 1. The summed E-state index contributed by atoms with van der Waals surface area (Å²) in [5, 5.41) is 6.61. The largest absolute Gasteiger partial charge is 0.386 e. The number of nitrogens with one attached hydrogen (secondary N) is 1. The fraction of sp³-hybridized carbons (Fsp3) is 0.263. The summed E-state index contributed by atoms with van der Waals surface area (Å²) in [5.41, 5.74) is 5.31. The van der Waals surface area contributed by atoms with E-state index in [2.05, 4.69) is 17.4 Å². The monoisotopic (exact) mass is 310 g/mol. The molecule has 0 fully saturated rings. The van der Waals surface area contributed by atoms with Gasteiger partial charge in [0.1, 0.15) is 0 Å². The fourth-order valence-electron chi connectivity index (χ4n) is 2.05. The summed E-state index contributed by atoms with van der Waals surface area (Å²) in [7, 11) is 0. The first kappa shape index (κ1) is 16.7. The number of aryl methyl sites for hydroxylation is 3. The molecule has 0 bridgehead atoms. The van der Waals surface area contributed by atoms with Gasteiger partial charge in [-0.3, -0.25) is 4.79 Å². The molecule has 0 radical (unpaired) electrons. The molecule has 4 heteroatoms. The predicted octanol–water partition coefficient (Wildman–Crippen LogP) is 3.86. The minimum atomic E-state index is -0.230. The maximum atomic E-state index is 11.8. The molecule has 0 spiro atoms. The Morgan fingerprint density at radius 3 is 2.52 bits per heavy atom. The van der Waals surface area contributed by atoms with Crippen molar-refractivity contribution in [1.82, 2.24) is 0 Å². The van der Waals surface area contributed by atoms with Crippen LogP contribution in [0.1, 0.15) is 29.2 Å². The molecule has 0 aliphatic rings. The van der Waals surface area contributed by atoms with Crippen molar-refractivity contribution in [3.8, 4) is 0 Å². The smallest absolute Gasteiger partial charge is 0.265 e. The molecule has 0 aromatic heterocycles. The molecule has 1 amide bonds. The Bertz CT molecular complexity index is 691. The first-order valence-electron chi connectivity index (χ1n) is 7.70. The zero-order chi connectivity index (χ0) is 16.7. The lowest BCUT2D eigenvalue weighted by Gasteiger charge is -2.06. The lowest BCUT2D eigenvalue weighted by molar-refractivity contribution is -0.120. The lowest BCUT2D eigenvalue weighted by Crippen LogP contribution is -2.17. The second kappa shape index (κ2) is 8.13. The van der Waals surface area contributed by atoms with Crippen LogP contribution in [-0.2, 0) is 16.1 Å². The topological polar surface area (TPSA) is 50.7 Å². The van der Waals surface area contributed by atoms with E-state index in [1.165, 1.54) is 11.1 Å². The zero-order valence-electron chi connectivity index (χ0n) is 13.8. The van der Waals surface area contributed by atoms with Gasteiger partial charge in [0.2, 0.25) is 0 Å². The van der Waals surface area contributed by atoms with Crippen LogP contribution in [0.15, 0.2) is 47.6 Å². The number of hydrogen-bond donors (Lipinski definition) is 1. The maximum Gasteiger partial charge on any atom is 0.265 e. The Morgan fingerprint density at radius 2 is 1.87 bits per heavy atom. The molecule has 0 saturated carbocycles. The van der Waals surface area contributed by atoms with Crippen molar-refractivity contribution in [1.29, 1.82) is 0 Å². The van der Waals surface area contributed by atoms with Crippen LogP contribution >= 0.6 is 0 Å². The molecular formula is C19H22N2O2. The van der Waals surface area contributed by atoms with Gasteiger partial charge < -0.3 is 10.2 Å². The molecule has 0 aliphatic heterocycles. The maximum absolute atomic E-state index is 11.8. The Balaban J connectivity index is 1.79. The van der Waals surface area contributed by atoms with Crippen LogP contribution in [0.5, 0.6) is 0 Å². The third-order valence-corrected chi connectivity index (χ3v) is 3.65. The highest BCUT2D eigenvalue weighted by Gasteiger charge is 2.03. The van der Waals surface area contributed by atoms with Crippen LogP contribution in [0.25, 0.3) is 0 Å². The van der Waals surface area contributed by atoms with Gasteiger partial charge in [-0.05, 0) is 54.7 Å². The molecule has 0 unspecified atom stereocenters. The SMILES string of the molecule is CCc1ccc(/C=N\OCC(=O)Nc2ccc(C)c(C)c2)cc1. The third kappa shape index (κ3) is 5.25. The number of carbonyl (C=O) groups excluding carboxylic acids is 1. The normalized spacial score (nSPS) is 10.7. The summed E-state index contributed by atoms with van der Waals surface area (Å²) in [6.45, 7) is 6.04. The van der Waals surface area contributed by atoms with Gasteiger partial charge in [-0.15, -0.1) is 0 Å². The summed E-state index contributed by atoms with van der Waals surface area (Å²) in [6, 6.07) is 13.8. The Labute approximate surface area is 137 Å². The van der Waals surface area contributed by atoms with E-state index in [1.54, 1.807) is 6.21 Å². The van der Waals surface area contributed by atoms with Crippen LogP contribution in [0.3, 0.4) is 0 Å². The third-order valence-electron chi connectivity index (χ3n) is 3.65. The average molecular weight is 310 g/mol. The number of rotatable bonds is 6. The molecule has 0 saturated heterocycles. The van der Waals surface area contributed by atoms with Crippen LogP contribution < -0.4 is 5.32 Å². The van der Waals surface area contributed by atoms with E-state index in [-0.39, 0.29) is 12.5 Å². The van der Waals surface area contributed by atoms with Crippen molar-refractivity contribution >= 4 is 17.8 Å². The molecule has 4 nitrogen and oxygen atoms in total. The Morgan fingerprint density at radius 1 is 1.13 bits per heavy atom. The minimum Gasteiger partial charge on any atom is -0.386 e. The lowest BCUT2D eigenvalue weighted by atomic mass is 10.1. The van der Waals surface area contributed by atoms with Gasteiger partial charge in [-0.1, -0.05) is 42.4 Å². The van der Waals surface area contributed by atoms with Crippen molar-refractivity contribution in [2.75, 3.05) is 11.9 Å². The first-order valence-corrected chi connectivity index (χ1v) is 7.70. The van der Waals surface area contributed by atoms with E-state index in [9.17, 15) is 4.79 Å². The summed E-state index contributed by atoms with van der Waals surface area (Å²) in [6.07, 6.45) is 2.61. The van der Waals surface area contributed by atoms with Crippen molar-refractivity contribution < 1.29 is 9.63 Å². The summed E-state index contributed by atoms with van der Waals surface area (Å²) < 4.78 is 0. The van der Waals surface area contributed by atoms with Crippen LogP contribution in [0.2, 0.25) is 0 Å². The van der Waals surface area contributed by atoms with E-state index in [0.29, 0.717) is 0 Å². The Kier molecular flexibility index (Phi) is 5.92. The highest BCUT2D eigenvalue weighted by atomic mass is 16.6. The molecule has 23 heavy (non-hydrogen) atoms. The van der Waals surface area contributed by atoms with Gasteiger partial charge >= 0.3 is 0 Å². The number of nitrogens with zero attached hydrogens (tertiary/aromatic N) is 1. The molecule has 0 heterocycles. The predicted molar refractivity (Wildman–Crippen MR) is 93.9 cm³/mol. The molecule has 2 rings (SSSR count). The molecule has 2 aromatic carbocycles. The van der Waals surface area contributed by atoms with Gasteiger partial charge in [0.25, 0.3) is 5.91 Å². The van der Waals surface area contributed by atoms with Crippen molar-refractivity contribution in [2.45, 2.75) is 27.2 Å². The van der Waals surface area contributed by atoms with Crippen molar-refractivity contribution in [3.63, 3.8) is 0 Å². The van der Waals surface area contributed by atoms with Crippen LogP contribution in [-0.4, -0.2) is 18.7 Å². The number of amides is 1. The molecule has 1 N–H and O–H groups in total. The van der Waals surface area contributed by atoms with Gasteiger partial charge in [-0.25, -0.2) is 0 Å². The Hall–Kier alpha value is -2.62. The standard InChI is InChI=1S/C19H22N2O2/c1-4-16-6-8-17(9-7-16)12-20-23-13-19(22)21-18-10-5-14(2)15(3)11-18/h5-12H,4,13H2,1-3H3,(H,21,22)/b20-12-. The molecule has 120 valence electrons. The number of anilines is 1. The van der Waals surface area contributed by atoms with Crippen LogP contribution in [0.4, 0.5) is 5.69 Å². The molecule has 0 aliphatic carbocycles. The second-order valence-corrected chi connectivity index (χ2v) is 5.45. The molecule has 0 atom stereocenters. The van der Waals surface area contributed by atoms with Gasteiger partial charge in [0.15, 0.2) is 6.61 Å². The quantitative estimate of drug-likeness (QED) is 0.650. The molecule has 2 aromatic rings. The van der Waals surface area contributed by atoms with E-state index >= 15 is 0 Å². The van der Waals surface area contributed by atoms with E-state index in [1.807, 2.05) is 56.3 Å². The summed E-state index contributed by atoms with van der Waals surface area (Å²) in [4.78, 5) is 16.8. The van der Waals surface area contributed by atoms with E-state index < -0.39 is 0 Å². The zero-order valence-corrected chi connectivity index (χ0v) is 13.8. The number of benzene rings is 2. The average Bonchev–Trinajstić information content (AvgIpc) is 2.55. The molecular weight excluding hydrogens is 288 g/mol. The van der Waals surface area contributed by atoms with E-state index in [4.69, 9.17) is 4.84 Å². The summed E-state index contributed by atoms with van der Waals surface area (Å²) in [5.74, 6) is -0.230. The number of hydrogen-bond acceptors (Lipinski definition) is 3. The first-order chi connectivity index (χ1) is 11.1.